The van der Waals surface area contributed by atoms with Crippen molar-refractivity contribution in [2.45, 2.75) is 31.3 Å². The van der Waals surface area contributed by atoms with Crippen molar-refractivity contribution in [3.63, 3.8) is 0 Å². The third-order valence-corrected chi connectivity index (χ3v) is 4.49. The van der Waals surface area contributed by atoms with E-state index < -0.39 is 17.8 Å². The van der Waals surface area contributed by atoms with Crippen LogP contribution in [0.3, 0.4) is 0 Å². The molecule has 1 aromatic carbocycles. The normalized spacial score (nSPS) is 19.1. The third-order valence-electron chi connectivity index (χ3n) is 4.49. The smallest absolute Gasteiger partial charge is 0.266 e. The number of benzene rings is 1. The molecule has 1 fully saturated rings. The molecule has 0 atom stereocenters. The van der Waals surface area contributed by atoms with Crippen molar-refractivity contribution in [1.29, 1.82) is 0 Å². The van der Waals surface area contributed by atoms with Gasteiger partial charge in [-0.15, -0.1) is 0 Å². The van der Waals surface area contributed by atoms with E-state index in [2.05, 4.69) is 15.1 Å². The number of hydrogen-bond acceptors (Lipinski definition) is 6. The van der Waals surface area contributed by atoms with Crippen LogP contribution >= 0.6 is 0 Å². The predicted octanol–water partition coefficient (Wildman–Crippen LogP) is 4.24. The molecule has 4 rings (SSSR count). The molecule has 27 heavy (non-hydrogen) atoms. The van der Waals surface area contributed by atoms with E-state index in [0.29, 0.717) is 30.0 Å². The van der Waals surface area contributed by atoms with Gasteiger partial charge in [0.05, 0.1) is 24.0 Å². The molecule has 140 valence electrons. The molecule has 1 N–H and O–H groups in total. The maximum Gasteiger partial charge on any atom is 0.266 e. The molecule has 1 aliphatic carbocycles. The zero-order valence-corrected chi connectivity index (χ0v) is 13.8. The number of hydrogen-bond donors (Lipinski definition) is 1. The molecule has 0 bridgehead atoms. The molecule has 2 aromatic heterocycles. The monoisotopic (exact) mass is 377 g/mol. The van der Waals surface area contributed by atoms with Gasteiger partial charge in [0, 0.05) is 0 Å². The van der Waals surface area contributed by atoms with Crippen molar-refractivity contribution in [3.8, 4) is 23.2 Å². The highest BCUT2D eigenvalue weighted by molar-refractivity contribution is 5.51. The Hall–Kier alpha value is -3.10. The minimum Gasteiger partial charge on any atom is -0.491 e. The first-order valence-corrected chi connectivity index (χ1v) is 8.22. The van der Waals surface area contributed by atoms with Crippen molar-refractivity contribution in [2.75, 3.05) is 0 Å². The van der Waals surface area contributed by atoms with Gasteiger partial charge in [0.15, 0.2) is 5.76 Å². The standard InChI is InChI=1S/C18H14F3N3O3/c19-13-5-9(1-2-12(13)18(20)21)10-3-11(4-10)26-17-8-22-14(7-23-17)15-6-16(25)24-27-15/h1-2,5-8,10-11,18H,3-4H2,(H,24,25)/t10-,11+. The summed E-state index contributed by atoms with van der Waals surface area (Å²) < 4.78 is 49.5. The number of nitrogens with zero attached hydrogens (tertiary/aromatic N) is 3. The summed E-state index contributed by atoms with van der Waals surface area (Å²) in [5.41, 5.74) is 0.501. The summed E-state index contributed by atoms with van der Waals surface area (Å²) in [6.45, 7) is 0. The minimum atomic E-state index is -2.82. The third kappa shape index (κ3) is 3.57. The highest BCUT2D eigenvalue weighted by atomic mass is 19.3. The Bertz CT molecular complexity index is 941. The second kappa shape index (κ2) is 6.90. The minimum absolute atomic E-state index is 0.0561. The number of rotatable bonds is 5. The second-order valence-corrected chi connectivity index (χ2v) is 6.28. The number of halogens is 3. The first kappa shape index (κ1) is 17.3. The topological polar surface area (TPSA) is 81.3 Å². The maximum absolute atomic E-state index is 13.7. The van der Waals surface area contributed by atoms with Gasteiger partial charge in [0.2, 0.25) is 5.88 Å². The molecule has 2 heterocycles. The van der Waals surface area contributed by atoms with Crippen LogP contribution in [0, 0.1) is 5.82 Å². The Labute approximate surface area is 151 Å². The molecule has 0 aliphatic heterocycles. The van der Waals surface area contributed by atoms with Crippen molar-refractivity contribution < 1.29 is 27.5 Å². The van der Waals surface area contributed by atoms with Gasteiger partial charge >= 0.3 is 0 Å². The lowest BCUT2D eigenvalue weighted by molar-refractivity contribution is 0.0928. The summed E-state index contributed by atoms with van der Waals surface area (Å²) in [6, 6.07) is 5.16. The van der Waals surface area contributed by atoms with Crippen LogP contribution in [0.15, 0.2) is 41.2 Å². The molecule has 0 spiro atoms. The van der Waals surface area contributed by atoms with Gasteiger partial charge in [-0.25, -0.2) is 23.1 Å². The van der Waals surface area contributed by atoms with Crippen LogP contribution in [0.5, 0.6) is 11.8 Å². The Morgan fingerprint density at radius 3 is 2.56 bits per heavy atom. The molecular weight excluding hydrogens is 363 g/mol. The van der Waals surface area contributed by atoms with Crippen LogP contribution in [0.4, 0.5) is 13.2 Å². The lowest BCUT2D eigenvalue weighted by Gasteiger charge is -2.35. The maximum atomic E-state index is 13.7. The van der Waals surface area contributed by atoms with Gasteiger partial charge in [-0.1, -0.05) is 12.1 Å². The quantitative estimate of drug-likeness (QED) is 0.716. The van der Waals surface area contributed by atoms with E-state index in [4.69, 9.17) is 14.4 Å². The molecule has 1 saturated carbocycles. The van der Waals surface area contributed by atoms with E-state index in [1.807, 2.05) is 0 Å². The molecule has 1 aliphatic rings. The average molecular weight is 377 g/mol. The Balaban J connectivity index is 1.34. The molecule has 9 heteroatoms. The van der Waals surface area contributed by atoms with Crippen LogP contribution in [-0.4, -0.2) is 26.3 Å². The van der Waals surface area contributed by atoms with E-state index in [9.17, 15) is 13.2 Å². The summed E-state index contributed by atoms with van der Waals surface area (Å²) in [4.78, 5) is 8.27. The Kier molecular flexibility index (Phi) is 4.43. The van der Waals surface area contributed by atoms with Gasteiger partial charge < -0.3 is 14.4 Å². The second-order valence-electron chi connectivity index (χ2n) is 6.28. The van der Waals surface area contributed by atoms with Gasteiger partial charge in [0.25, 0.3) is 12.3 Å². The summed E-state index contributed by atoms with van der Waals surface area (Å²) >= 11 is 0. The van der Waals surface area contributed by atoms with Crippen molar-refractivity contribution in [3.05, 3.63) is 53.6 Å². The fourth-order valence-corrected chi connectivity index (χ4v) is 2.97. The Morgan fingerprint density at radius 2 is 1.96 bits per heavy atom. The van der Waals surface area contributed by atoms with Crippen LogP contribution in [0.25, 0.3) is 11.5 Å². The SMILES string of the molecule is Oc1cc(-c2cnc(O[C@H]3C[C@@H](c4ccc(C(F)F)c(F)c4)C3)cn2)on1. The highest BCUT2D eigenvalue weighted by Gasteiger charge is 2.33. The summed E-state index contributed by atoms with van der Waals surface area (Å²) in [7, 11) is 0. The van der Waals surface area contributed by atoms with E-state index in [0.717, 1.165) is 6.07 Å². The van der Waals surface area contributed by atoms with Crippen LogP contribution in [-0.2, 0) is 0 Å². The summed E-state index contributed by atoms with van der Waals surface area (Å²) in [6.07, 6.45) is 1.20. The number of aromatic hydroxyl groups is 1. The zero-order chi connectivity index (χ0) is 19.0. The fourth-order valence-electron chi connectivity index (χ4n) is 2.97. The average Bonchev–Trinajstić information content (AvgIpc) is 3.04. The lowest BCUT2D eigenvalue weighted by Crippen LogP contribution is -2.32. The fraction of sp³-hybridized carbons (Fsp3) is 0.278. The first-order chi connectivity index (χ1) is 13.0. The highest BCUT2D eigenvalue weighted by Crippen LogP contribution is 2.40. The molecule has 0 unspecified atom stereocenters. The van der Waals surface area contributed by atoms with Crippen LogP contribution in [0.1, 0.15) is 36.3 Å². The molecular formula is C18H14F3N3O3. The first-order valence-electron chi connectivity index (χ1n) is 8.22. The van der Waals surface area contributed by atoms with E-state index >= 15 is 0 Å². The van der Waals surface area contributed by atoms with Gasteiger partial charge in [-0.05, 0) is 35.5 Å². The van der Waals surface area contributed by atoms with Crippen molar-refractivity contribution in [1.82, 2.24) is 15.1 Å². The molecule has 0 radical (unpaired) electrons. The number of alkyl halides is 2. The van der Waals surface area contributed by atoms with Gasteiger partial charge in [0.1, 0.15) is 17.6 Å². The molecule has 3 aromatic rings. The van der Waals surface area contributed by atoms with Gasteiger partial charge in [-0.2, -0.15) is 0 Å². The van der Waals surface area contributed by atoms with Crippen molar-refractivity contribution in [2.24, 2.45) is 0 Å². The van der Waals surface area contributed by atoms with E-state index in [1.54, 1.807) is 0 Å². The molecule has 0 amide bonds. The van der Waals surface area contributed by atoms with Crippen LogP contribution < -0.4 is 4.74 Å². The predicted molar refractivity (Wildman–Crippen MR) is 86.9 cm³/mol. The summed E-state index contributed by atoms with van der Waals surface area (Å²) in [5, 5.41) is 12.5. The zero-order valence-electron chi connectivity index (χ0n) is 13.8. The van der Waals surface area contributed by atoms with E-state index in [-0.39, 0.29) is 23.7 Å². The summed E-state index contributed by atoms with van der Waals surface area (Å²) in [5.74, 6) is -0.465. The van der Waals surface area contributed by atoms with Crippen LogP contribution in [0.2, 0.25) is 0 Å². The number of aromatic nitrogens is 3. The van der Waals surface area contributed by atoms with Crippen molar-refractivity contribution >= 4 is 0 Å². The largest absolute Gasteiger partial charge is 0.491 e. The Morgan fingerprint density at radius 1 is 1.15 bits per heavy atom. The number of ether oxygens (including phenoxy) is 1. The van der Waals surface area contributed by atoms with E-state index in [1.165, 1.54) is 30.6 Å². The van der Waals surface area contributed by atoms with Gasteiger partial charge in [-0.3, -0.25) is 0 Å². The molecule has 0 saturated heterocycles. The molecule has 6 nitrogen and oxygen atoms in total. The lowest BCUT2D eigenvalue weighted by atomic mass is 9.77.